The number of aromatic nitrogens is 2. The predicted molar refractivity (Wildman–Crippen MR) is 90.1 cm³/mol. The molecule has 0 saturated carbocycles. The predicted octanol–water partition coefficient (Wildman–Crippen LogP) is 1.14. The molecule has 132 valence electrons. The largest absolute Gasteiger partial charge is 0.369 e. The van der Waals surface area contributed by atoms with E-state index in [0.29, 0.717) is 12.1 Å². The summed E-state index contributed by atoms with van der Waals surface area (Å²) < 4.78 is 15.0. The van der Waals surface area contributed by atoms with E-state index in [1.54, 1.807) is 27.9 Å². The fourth-order valence-corrected chi connectivity index (χ4v) is 3.42. The van der Waals surface area contributed by atoms with E-state index in [4.69, 9.17) is 5.73 Å². The third kappa shape index (κ3) is 3.40. The van der Waals surface area contributed by atoms with Crippen LogP contribution in [0.2, 0.25) is 0 Å². The molecule has 1 aromatic heterocycles. The Morgan fingerprint density at radius 2 is 2.12 bits per heavy atom. The van der Waals surface area contributed by atoms with Crippen molar-refractivity contribution in [3.05, 3.63) is 53.1 Å². The van der Waals surface area contributed by atoms with Crippen molar-refractivity contribution in [1.82, 2.24) is 14.7 Å². The zero-order valence-corrected chi connectivity index (χ0v) is 14.3. The van der Waals surface area contributed by atoms with Crippen LogP contribution in [0.15, 0.2) is 30.5 Å². The smallest absolute Gasteiger partial charge is 0.227 e. The van der Waals surface area contributed by atoms with Gasteiger partial charge < -0.3 is 10.6 Å². The third-order valence-electron chi connectivity index (χ3n) is 4.96. The molecular formula is C18H21FN4O2. The van der Waals surface area contributed by atoms with Gasteiger partial charge in [-0.3, -0.25) is 14.3 Å². The highest BCUT2D eigenvalue weighted by Crippen LogP contribution is 2.34. The molecule has 6 nitrogen and oxygen atoms in total. The Morgan fingerprint density at radius 1 is 1.36 bits per heavy atom. The van der Waals surface area contributed by atoms with Crippen molar-refractivity contribution in [3.8, 4) is 0 Å². The van der Waals surface area contributed by atoms with Crippen LogP contribution in [0.5, 0.6) is 0 Å². The molecule has 2 N–H and O–H groups in total. The molecule has 1 saturated heterocycles. The number of nitrogens with zero attached hydrogens (tertiary/aromatic N) is 3. The van der Waals surface area contributed by atoms with Gasteiger partial charge in [0.15, 0.2) is 0 Å². The standard InChI is InChI=1S/C18H21FN4O2/c1-11-14(8-21-22(11)2)15-9-23(10-16(15)18(20)25)17(24)7-12-4-3-5-13(19)6-12/h3-6,8,15-16H,7,9-10H2,1-2H3,(H2,20,25)/t15-,16+/m1/s1. The molecule has 25 heavy (non-hydrogen) atoms. The molecule has 1 fully saturated rings. The van der Waals surface area contributed by atoms with Gasteiger partial charge in [0.25, 0.3) is 0 Å². The molecular weight excluding hydrogens is 323 g/mol. The number of carbonyl (C=O) groups excluding carboxylic acids is 2. The molecule has 0 bridgehead atoms. The highest BCUT2D eigenvalue weighted by atomic mass is 19.1. The molecule has 0 spiro atoms. The van der Waals surface area contributed by atoms with Crippen LogP contribution in [0.1, 0.15) is 22.7 Å². The lowest BCUT2D eigenvalue weighted by atomic mass is 9.89. The summed E-state index contributed by atoms with van der Waals surface area (Å²) in [4.78, 5) is 26.1. The first kappa shape index (κ1) is 17.1. The summed E-state index contributed by atoms with van der Waals surface area (Å²) in [6.07, 6.45) is 1.83. The maximum Gasteiger partial charge on any atom is 0.227 e. The highest BCUT2D eigenvalue weighted by Gasteiger charge is 2.40. The van der Waals surface area contributed by atoms with Crippen molar-refractivity contribution in [2.75, 3.05) is 13.1 Å². The van der Waals surface area contributed by atoms with Crippen molar-refractivity contribution in [2.45, 2.75) is 19.3 Å². The molecule has 2 atom stereocenters. The summed E-state index contributed by atoms with van der Waals surface area (Å²) in [5, 5.41) is 4.22. The minimum Gasteiger partial charge on any atom is -0.369 e. The number of primary amides is 1. The maximum atomic E-state index is 13.3. The molecule has 0 radical (unpaired) electrons. The van der Waals surface area contributed by atoms with Gasteiger partial charge in [0, 0.05) is 31.7 Å². The van der Waals surface area contributed by atoms with Crippen LogP contribution in [0.4, 0.5) is 4.39 Å². The Kier molecular flexibility index (Phi) is 4.57. The topological polar surface area (TPSA) is 81.2 Å². The lowest BCUT2D eigenvalue weighted by molar-refractivity contribution is -0.129. The van der Waals surface area contributed by atoms with Crippen molar-refractivity contribution < 1.29 is 14.0 Å². The van der Waals surface area contributed by atoms with Crippen LogP contribution in [0, 0.1) is 18.7 Å². The number of rotatable bonds is 4. The van der Waals surface area contributed by atoms with Gasteiger partial charge in [-0.15, -0.1) is 0 Å². The molecule has 7 heteroatoms. The Morgan fingerprint density at radius 3 is 2.72 bits per heavy atom. The van der Waals surface area contributed by atoms with Gasteiger partial charge in [0.1, 0.15) is 5.82 Å². The van der Waals surface area contributed by atoms with Crippen molar-refractivity contribution in [1.29, 1.82) is 0 Å². The molecule has 1 aliphatic rings. The summed E-state index contributed by atoms with van der Waals surface area (Å²) in [6, 6.07) is 5.98. The minimum atomic E-state index is -0.445. The lowest BCUT2D eigenvalue weighted by Crippen LogP contribution is -2.32. The maximum absolute atomic E-state index is 13.3. The van der Waals surface area contributed by atoms with Gasteiger partial charge >= 0.3 is 0 Å². The summed E-state index contributed by atoms with van der Waals surface area (Å²) in [6.45, 7) is 2.62. The summed E-state index contributed by atoms with van der Waals surface area (Å²) in [7, 11) is 1.83. The first-order chi connectivity index (χ1) is 11.9. The summed E-state index contributed by atoms with van der Waals surface area (Å²) in [5.41, 5.74) is 8.07. The Hall–Kier alpha value is -2.70. The number of hydrogen-bond donors (Lipinski definition) is 1. The fraction of sp³-hybridized carbons (Fsp3) is 0.389. The zero-order chi connectivity index (χ0) is 18.1. The Bertz CT molecular complexity index is 817. The Labute approximate surface area is 145 Å². The van der Waals surface area contributed by atoms with Gasteiger partial charge in [-0.05, 0) is 30.2 Å². The fourth-order valence-electron chi connectivity index (χ4n) is 3.42. The monoisotopic (exact) mass is 344 g/mol. The number of hydrogen-bond acceptors (Lipinski definition) is 3. The van der Waals surface area contributed by atoms with Gasteiger partial charge in [0.05, 0.1) is 18.5 Å². The lowest BCUT2D eigenvalue weighted by Gasteiger charge is -2.16. The van der Waals surface area contributed by atoms with E-state index in [1.807, 2.05) is 14.0 Å². The van der Waals surface area contributed by atoms with E-state index in [2.05, 4.69) is 5.10 Å². The minimum absolute atomic E-state index is 0.0992. The van der Waals surface area contributed by atoms with Crippen LogP contribution in [-0.2, 0) is 23.1 Å². The molecule has 2 aromatic rings. The molecule has 0 unspecified atom stereocenters. The van der Waals surface area contributed by atoms with Crippen LogP contribution < -0.4 is 5.73 Å². The van der Waals surface area contributed by atoms with Gasteiger partial charge in [-0.2, -0.15) is 5.10 Å². The van der Waals surface area contributed by atoms with Crippen LogP contribution in [-0.4, -0.2) is 39.6 Å². The van der Waals surface area contributed by atoms with E-state index in [1.165, 1.54) is 12.1 Å². The average molecular weight is 344 g/mol. The number of halogens is 1. The van der Waals surface area contributed by atoms with Gasteiger partial charge in [-0.1, -0.05) is 12.1 Å². The molecule has 2 amide bonds. The second-order valence-corrected chi connectivity index (χ2v) is 6.53. The zero-order valence-electron chi connectivity index (χ0n) is 14.3. The van der Waals surface area contributed by atoms with Crippen molar-refractivity contribution >= 4 is 11.8 Å². The van der Waals surface area contributed by atoms with E-state index in [0.717, 1.165) is 11.3 Å². The van der Waals surface area contributed by atoms with Crippen molar-refractivity contribution in [3.63, 3.8) is 0 Å². The average Bonchev–Trinajstić information content (AvgIpc) is 3.12. The normalized spacial score (nSPS) is 20.0. The number of nitrogens with two attached hydrogens (primary N) is 1. The SMILES string of the molecule is Cc1c([C@H]2CN(C(=O)Cc3cccc(F)c3)C[C@@H]2C(N)=O)cnn1C. The van der Waals surface area contributed by atoms with Crippen LogP contribution in [0.25, 0.3) is 0 Å². The number of aryl methyl sites for hydroxylation is 1. The summed E-state index contributed by atoms with van der Waals surface area (Å²) in [5.74, 6) is -1.54. The van der Waals surface area contributed by atoms with Gasteiger partial charge in [-0.25, -0.2) is 4.39 Å². The van der Waals surface area contributed by atoms with Crippen molar-refractivity contribution in [2.24, 2.45) is 18.7 Å². The molecule has 1 aliphatic heterocycles. The van der Waals surface area contributed by atoms with Gasteiger partial charge in [0.2, 0.25) is 11.8 Å². The second kappa shape index (κ2) is 6.66. The quantitative estimate of drug-likeness (QED) is 0.903. The van der Waals surface area contributed by atoms with E-state index in [9.17, 15) is 14.0 Å². The Balaban J connectivity index is 1.79. The highest BCUT2D eigenvalue weighted by molar-refractivity contribution is 5.83. The molecule has 0 aliphatic carbocycles. The third-order valence-corrected chi connectivity index (χ3v) is 4.96. The van der Waals surface area contributed by atoms with E-state index >= 15 is 0 Å². The van der Waals surface area contributed by atoms with Crippen LogP contribution >= 0.6 is 0 Å². The second-order valence-electron chi connectivity index (χ2n) is 6.53. The first-order valence-corrected chi connectivity index (χ1v) is 8.17. The van der Waals surface area contributed by atoms with E-state index < -0.39 is 11.8 Å². The number of carbonyl (C=O) groups is 2. The molecule has 2 heterocycles. The summed E-state index contributed by atoms with van der Waals surface area (Å²) >= 11 is 0. The number of amides is 2. The number of benzene rings is 1. The molecule has 1 aromatic carbocycles. The number of likely N-dealkylation sites (tertiary alicyclic amines) is 1. The van der Waals surface area contributed by atoms with Crippen LogP contribution in [0.3, 0.4) is 0 Å². The van der Waals surface area contributed by atoms with E-state index in [-0.39, 0.29) is 30.6 Å². The molecule has 3 rings (SSSR count). The first-order valence-electron chi connectivity index (χ1n) is 8.17.